The molecule has 1 unspecified atom stereocenters. The highest BCUT2D eigenvalue weighted by molar-refractivity contribution is 6.23. The number of amides is 2. The Morgan fingerprint density at radius 2 is 1.93 bits per heavy atom. The molecule has 1 atom stereocenters. The number of hydrogen-bond acceptors (Lipinski definition) is 7. The first-order valence-electron chi connectivity index (χ1n) is 8.59. The van der Waals surface area contributed by atoms with E-state index in [4.69, 9.17) is 9.47 Å². The summed E-state index contributed by atoms with van der Waals surface area (Å²) < 4.78 is 10.8. The number of benzene rings is 2. The van der Waals surface area contributed by atoms with E-state index in [0.717, 1.165) is 4.90 Å². The van der Waals surface area contributed by atoms with Crippen LogP contribution in [0.25, 0.3) is 0 Å². The summed E-state index contributed by atoms with van der Waals surface area (Å²) in [6.45, 7) is 2.21. The Bertz CT molecular complexity index is 998. The summed E-state index contributed by atoms with van der Waals surface area (Å²) in [6.07, 6.45) is -0.118. The third-order valence-electron chi connectivity index (χ3n) is 4.49. The Balaban J connectivity index is 0.00000300. The topological polar surface area (TPSA) is 141 Å². The van der Waals surface area contributed by atoms with Crippen molar-refractivity contribution in [3.8, 4) is 17.6 Å². The van der Waals surface area contributed by atoms with E-state index in [1.165, 1.54) is 25.3 Å². The van der Waals surface area contributed by atoms with Gasteiger partial charge in [-0.15, -0.1) is 4.91 Å². The lowest BCUT2D eigenvalue weighted by Crippen LogP contribution is -2.34. The zero-order valence-electron chi connectivity index (χ0n) is 15.8. The molecule has 9 heteroatoms. The van der Waals surface area contributed by atoms with Crippen LogP contribution in [0.3, 0.4) is 0 Å². The number of carbonyl (C=O) groups is 2. The number of nitroso groups, excluding NO2 is 1. The maximum absolute atomic E-state index is 13.0. The van der Waals surface area contributed by atoms with Gasteiger partial charge in [0.2, 0.25) is 0 Å². The van der Waals surface area contributed by atoms with Crippen LogP contribution in [0.4, 0.5) is 5.69 Å². The summed E-state index contributed by atoms with van der Waals surface area (Å²) in [5, 5.41) is 12.1. The molecule has 9 nitrogen and oxygen atoms in total. The van der Waals surface area contributed by atoms with Crippen LogP contribution >= 0.6 is 0 Å². The number of nitrogens with zero attached hydrogens (tertiary/aromatic N) is 3. The molecule has 0 saturated carbocycles. The second-order valence-electron chi connectivity index (χ2n) is 5.99. The molecule has 1 aliphatic heterocycles. The van der Waals surface area contributed by atoms with E-state index < -0.39 is 17.9 Å². The number of carbonyl (C=O) groups excluding carboxylic acids is 2. The van der Waals surface area contributed by atoms with Crippen molar-refractivity contribution in [2.24, 2.45) is 5.18 Å². The van der Waals surface area contributed by atoms with Gasteiger partial charge in [0.05, 0.1) is 43.4 Å². The second-order valence-corrected chi connectivity index (χ2v) is 5.99. The Morgan fingerprint density at radius 3 is 2.55 bits per heavy atom. The van der Waals surface area contributed by atoms with Crippen LogP contribution in [0.2, 0.25) is 0 Å². The number of imide groups is 1. The average molecular weight is 397 g/mol. The van der Waals surface area contributed by atoms with Crippen LogP contribution in [-0.2, 0) is 0 Å². The van der Waals surface area contributed by atoms with Gasteiger partial charge in [0.1, 0.15) is 5.69 Å². The monoisotopic (exact) mass is 397 g/mol. The molecule has 0 radical (unpaired) electrons. The molecule has 0 aliphatic carbocycles. The van der Waals surface area contributed by atoms with Crippen molar-refractivity contribution in [1.82, 2.24) is 4.90 Å². The quantitative estimate of drug-likeness (QED) is 0.519. The van der Waals surface area contributed by atoms with Gasteiger partial charge >= 0.3 is 0 Å². The molecule has 1 heterocycles. The molecule has 2 aromatic rings. The van der Waals surface area contributed by atoms with E-state index in [-0.39, 0.29) is 28.7 Å². The lowest BCUT2D eigenvalue weighted by atomic mass is 10.0. The maximum atomic E-state index is 13.0. The van der Waals surface area contributed by atoms with Crippen molar-refractivity contribution in [2.45, 2.75) is 19.4 Å². The molecule has 0 bridgehead atoms. The summed E-state index contributed by atoms with van der Waals surface area (Å²) in [4.78, 5) is 37.9. The fourth-order valence-corrected chi connectivity index (χ4v) is 3.26. The molecule has 2 N–H and O–H groups in total. The molecule has 150 valence electrons. The van der Waals surface area contributed by atoms with Crippen LogP contribution in [-0.4, -0.2) is 35.9 Å². The van der Waals surface area contributed by atoms with Crippen LogP contribution in [0.5, 0.6) is 11.5 Å². The van der Waals surface area contributed by atoms with E-state index in [0.29, 0.717) is 23.7 Å². The molecule has 2 aromatic carbocycles. The van der Waals surface area contributed by atoms with E-state index in [9.17, 15) is 19.8 Å². The van der Waals surface area contributed by atoms with E-state index >= 15 is 0 Å². The van der Waals surface area contributed by atoms with Gasteiger partial charge in [-0.1, -0.05) is 12.1 Å². The fraction of sp³-hybridized carbons (Fsp3) is 0.250. The molecule has 2 amide bonds. The predicted octanol–water partition coefficient (Wildman–Crippen LogP) is 2.92. The first-order valence-corrected chi connectivity index (χ1v) is 8.59. The number of rotatable bonds is 7. The molecule has 0 aromatic heterocycles. The van der Waals surface area contributed by atoms with Crippen LogP contribution in [0.1, 0.15) is 45.7 Å². The standard InChI is InChI=1S/C20H17N3O5.H2O/c1-3-28-17-11-12(7-8-16(17)27-2)15(9-10-21)23-19(24)13-5-4-6-14(22-26)18(13)20(23)25;/h4-8,11,15H,3,9H2,1-2H3;1H2. The highest BCUT2D eigenvalue weighted by atomic mass is 16.5. The van der Waals surface area contributed by atoms with Crippen LogP contribution < -0.4 is 9.47 Å². The molecule has 3 rings (SSSR count). The maximum Gasteiger partial charge on any atom is 0.264 e. The third-order valence-corrected chi connectivity index (χ3v) is 4.49. The molecular formula is C20H19N3O6. The van der Waals surface area contributed by atoms with Crippen LogP contribution in [0.15, 0.2) is 41.6 Å². The first kappa shape index (κ1) is 21.5. The summed E-state index contributed by atoms with van der Waals surface area (Å²) in [6, 6.07) is 10.5. The van der Waals surface area contributed by atoms with Gasteiger partial charge in [0.15, 0.2) is 11.5 Å². The van der Waals surface area contributed by atoms with Gasteiger partial charge in [-0.25, -0.2) is 0 Å². The van der Waals surface area contributed by atoms with Gasteiger partial charge in [-0.05, 0) is 41.9 Å². The van der Waals surface area contributed by atoms with Crippen molar-refractivity contribution >= 4 is 17.5 Å². The number of ether oxygens (including phenoxy) is 2. The van der Waals surface area contributed by atoms with Crippen molar-refractivity contribution in [2.75, 3.05) is 13.7 Å². The summed E-state index contributed by atoms with van der Waals surface area (Å²) in [5.41, 5.74) is 0.507. The zero-order chi connectivity index (χ0) is 20.3. The molecule has 0 fully saturated rings. The Morgan fingerprint density at radius 1 is 1.17 bits per heavy atom. The van der Waals surface area contributed by atoms with Gasteiger partial charge in [0, 0.05) is 0 Å². The van der Waals surface area contributed by atoms with E-state index in [1.54, 1.807) is 18.2 Å². The lowest BCUT2D eigenvalue weighted by molar-refractivity contribution is 0.0584. The van der Waals surface area contributed by atoms with Gasteiger partial charge in [-0.3, -0.25) is 14.5 Å². The molecular weight excluding hydrogens is 378 g/mol. The van der Waals surface area contributed by atoms with Gasteiger partial charge in [0.25, 0.3) is 11.8 Å². The van der Waals surface area contributed by atoms with Gasteiger partial charge in [-0.2, -0.15) is 5.26 Å². The van der Waals surface area contributed by atoms with Crippen molar-refractivity contribution < 1.29 is 24.5 Å². The van der Waals surface area contributed by atoms with Crippen molar-refractivity contribution in [1.29, 1.82) is 5.26 Å². The summed E-state index contributed by atoms with van der Waals surface area (Å²) >= 11 is 0. The molecule has 0 spiro atoms. The average Bonchev–Trinajstić information content (AvgIpc) is 2.97. The highest BCUT2D eigenvalue weighted by Crippen LogP contribution is 2.39. The number of fused-ring (bicyclic) bond motifs is 1. The van der Waals surface area contributed by atoms with Crippen molar-refractivity contribution in [3.05, 3.63) is 58.0 Å². The Kier molecular flexibility index (Phi) is 6.64. The Labute approximate surface area is 166 Å². The van der Waals surface area contributed by atoms with Gasteiger partial charge < -0.3 is 14.9 Å². The van der Waals surface area contributed by atoms with E-state index in [2.05, 4.69) is 5.18 Å². The zero-order valence-corrected chi connectivity index (χ0v) is 15.8. The number of nitriles is 1. The smallest absolute Gasteiger partial charge is 0.264 e. The third kappa shape index (κ3) is 3.66. The first-order chi connectivity index (χ1) is 13.6. The lowest BCUT2D eigenvalue weighted by Gasteiger charge is -2.25. The largest absolute Gasteiger partial charge is 0.493 e. The second kappa shape index (κ2) is 8.95. The Hall–Kier alpha value is -3.77. The number of methoxy groups -OCH3 is 1. The predicted molar refractivity (Wildman–Crippen MR) is 103 cm³/mol. The minimum atomic E-state index is -0.845. The molecule has 1 aliphatic rings. The minimum absolute atomic E-state index is 0. The molecule has 0 saturated heterocycles. The normalized spacial score (nSPS) is 13.2. The van der Waals surface area contributed by atoms with E-state index in [1.807, 2.05) is 13.0 Å². The summed E-state index contributed by atoms with van der Waals surface area (Å²) in [5.74, 6) is -0.280. The van der Waals surface area contributed by atoms with Crippen molar-refractivity contribution in [3.63, 3.8) is 0 Å². The number of hydrogen-bond donors (Lipinski definition) is 0. The molecule has 29 heavy (non-hydrogen) atoms. The fourth-order valence-electron chi connectivity index (χ4n) is 3.26. The van der Waals surface area contributed by atoms with Crippen LogP contribution in [0, 0.1) is 16.2 Å². The minimum Gasteiger partial charge on any atom is -0.493 e. The highest BCUT2D eigenvalue weighted by Gasteiger charge is 2.42. The SMILES string of the molecule is CCOc1cc(C(CC#N)N2C(=O)c3cccc(N=O)c3C2=O)ccc1OC.O. The summed E-state index contributed by atoms with van der Waals surface area (Å²) in [7, 11) is 1.50.